The van der Waals surface area contributed by atoms with Crippen LogP contribution in [0.25, 0.3) is 0 Å². The van der Waals surface area contributed by atoms with Crippen LogP contribution in [0.3, 0.4) is 0 Å². The minimum atomic E-state index is 0.177. The van der Waals surface area contributed by atoms with Crippen molar-refractivity contribution in [3.8, 4) is 0 Å². The van der Waals surface area contributed by atoms with Gasteiger partial charge in [0.1, 0.15) is 0 Å². The van der Waals surface area contributed by atoms with Gasteiger partial charge in [-0.15, -0.1) is 0 Å². The Labute approximate surface area is 109 Å². The van der Waals surface area contributed by atoms with Gasteiger partial charge in [-0.2, -0.15) is 0 Å². The van der Waals surface area contributed by atoms with Crippen molar-refractivity contribution >= 4 is 5.91 Å². The molecule has 0 aromatic rings. The Kier molecular flexibility index (Phi) is 5.41. The van der Waals surface area contributed by atoms with Gasteiger partial charge in [0, 0.05) is 26.2 Å². The van der Waals surface area contributed by atoms with Gasteiger partial charge in [-0.05, 0) is 25.8 Å². The average Bonchev–Trinajstić information content (AvgIpc) is 3.05. The molecule has 1 amide bonds. The Morgan fingerprint density at radius 1 is 1.50 bits per heavy atom. The molecule has 2 aliphatic rings. The topological polar surface area (TPSA) is 50.8 Å². The van der Waals surface area contributed by atoms with Crippen molar-refractivity contribution in [1.82, 2.24) is 10.2 Å². The lowest BCUT2D eigenvalue weighted by Gasteiger charge is -2.23. The average molecular weight is 256 g/mol. The number of hydrogen-bond donors (Lipinski definition) is 1. The largest absolute Gasteiger partial charge is 0.378 e. The number of carbonyl (C=O) groups is 1. The van der Waals surface area contributed by atoms with E-state index in [1.54, 1.807) is 0 Å². The normalized spacial score (nSPS) is 27.6. The summed E-state index contributed by atoms with van der Waals surface area (Å²) in [5.41, 5.74) is 0. The fraction of sp³-hybridized carbons (Fsp3) is 0.923. The van der Waals surface area contributed by atoms with E-state index in [-0.39, 0.29) is 12.0 Å². The minimum Gasteiger partial charge on any atom is -0.378 e. The first-order valence-corrected chi connectivity index (χ1v) is 6.93. The van der Waals surface area contributed by atoms with Crippen LogP contribution < -0.4 is 5.32 Å². The zero-order valence-electron chi connectivity index (χ0n) is 11.2. The van der Waals surface area contributed by atoms with Gasteiger partial charge in [-0.1, -0.05) is 0 Å². The quantitative estimate of drug-likeness (QED) is 0.699. The molecule has 104 valence electrons. The summed E-state index contributed by atoms with van der Waals surface area (Å²) < 4.78 is 11.0. The van der Waals surface area contributed by atoms with Gasteiger partial charge >= 0.3 is 0 Å². The van der Waals surface area contributed by atoms with E-state index in [0.29, 0.717) is 25.7 Å². The van der Waals surface area contributed by atoms with Crippen molar-refractivity contribution in [2.45, 2.75) is 37.8 Å². The van der Waals surface area contributed by atoms with Gasteiger partial charge in [-0.25, -0.2) is 0 Å². The van der Waals surface area contributed by atoms with Crippen LogP contribution in [0.1, 0.15) is 25.7 Å². The van der Waals surface area contributed by atoms with Gasteiger partial charge < -0.3 is 19.7 Å². The van der Waals surface area contributed by atoms with E-state index in [1.165, 1.54) is 0 Å². The lowest BCUT2D eigenvalue weighted by Crippen LogP contribution is -2.38. The van der Waals surface area contributed by atoms with Crippen LogP contribution >= 0.6 is 0 Å². The number of rotatable bonds is 6. The Balaban J connectivity index is 1.56. The number of hydrogen-bond acceptors (Lipinski definition) is 4. The van der Waals surface area contributed by atoms with Crippen molar-refractivity contribution in [2.75, 3.05) is 40.0 Å². The predicted molar refractivity (Wildman–Crippen MR) is 68.5 cm³/mol. The summed E-state index contributed by atoms with van der Waals surface area (Å²) in [5.74, 6) is 0.177. The molecule has 2 fully saturated rings. The smallest absolute Gasteiger partial charge is 0.224 e. The van der Waals surface area contributed by atoms with E-state index < -0.39 is 0 Å². The van der Waals surface area contributed by atoms with Crippen molar-refractivity contribution in [3.05, 3.63) is 0 Å². The fourth-order valence-corrected chi connectivity index (χ4v) is 2.50. The molecule has 0 aromatic heterocycles. The number of ether oxygens (including phenoxy) is 2. The maximum atomic E-state index is 11.9. The monoisotopic (exact) mass is 256 g/mol. The van der Waals surface area contributed by atoms with Crippen LogP contribution in [0.2, 0.25) is 0 Å². The van der Waals surface area contributed by atoms with E-state index >= 15 is 0 Å². The van der Waals surface area contributed by atoms with E-state index in [1.807, 2.05) is 11.9 Å². The van der Waals surface area contributed by atoms with Gasteiger partial charge in [0.15, 0.2) is 0 Å². The van der Waals surface area contributed by atoms with Gasteiger partial charge in [-0.3, -0.25) is 4.79 Å². The Bertz CT molecular complexity index is 261. The van der Waals surface area contributed by atoms with Crippen LogP contribution in [0.15, 0.2) is 0 Å². The van der Waals surface area contributed by atoms with E-state index in [9.17, 15) is 4.79 Å². The Hall–Kier alpha value is -0.650. The van der Waals surface area contributed by atoms with Gasteiger partial charge in [0.2, 0.25) is 5.91 Å². The van der Waals surface area contributed by atoms with E-state index in [0.717, 1.165) is 39.0 Å². The van der Waals surface area contributed by atoms with Crippen molar-refractivity contribution in [1.29, 1.82) is 0 Å². The summed E-state index contributed by atoms with van der Waals surface area (Å²) in [4.78, 5) is 13.8. The van der Waals surface area contributed by atoms with Crippen LogP contribution in [0.5, 0.6) is 0 Å². The molecule has 1 N–H and O–H groups in total. The molecular weight excluding hydrogens is 232 g/mol. The maximum absolute atomic E-state index is 11.9. The van der Waals surface area contributed by atoms with Crippen LogP contribution in [0, 0.1) is 0 Å². The molecule has 0 spiro atoms. The summed E-state index contributed by atoms with van der Waals surface area (Å²) in [5, 5.41) is 3.27. The molecule has 0 bridgehead atoms. The van der Waals surface area contributed by atoms with Gasteiger partial charge in [0.05, 0.1) is 25.7 Å². The highest BCUT2D eigenvalue weighted by molar-refractivity contribution is 5.76. The molecule has 5 heteroatoms. The summed E-state index contributed by atoms with van der Waals surface area (Å²) >= 11 is 0. The lowest BCUT2D eigenvalue weighted by molar-refractivity contribution is -0.133. The Morgan fingerprint density at radius 3 is 3.06 bits per heavy atom. The number of amides is 1. The Morgan fingerprint density at radius 2 is 2.39 bits per heavy atom. The van der Waals surface area contributed by atoms with Crippen molar-refractivity contribution < 1.29 is 14.3 Å². The predicted octanol–water partition coefficient (Wildman–Crippen LogP) is 0.392. The third-order valence-electron chi connectivity index (χ3n) is 3.76. The molecule has 2 heterocycles. The van der Waals surface area contributed by atoms with Crippen molar-refractivity contribution in [2.24, 2.45) is 0 Å². The molecule has 0 radical (unpaired) electrons. The van der Waals surface area contributed by atoms with Crippen LogP contribution in [0.4, 0.5) is 0 Å². The van der Waals surface area contributed by atoms with E-state index in [4.69, 9.17) is 9.47 Å². The molecule has 0 aromatic carbocycles. The van der Waals surface area contributed by atoms with Crippen molar-refractivity contribution in [3.63, 3.8) is 0 Å². The minimum absolute atomic E-state index is 0.177. The van der Waals surface area contributed by atoms with Crippen LogP contribution in [-0.4, -0.2) is 62.9 Å². The first-order valence-electron chi connectivity index (χ1n) is 6.93. The zero-order valence-corrected chi connectivity index (χ0v) is 11.2. The standard InChI is InChI=1S/C13H24N2O3/c1-15(11-4-6-14-9-11)13(16)5-8-17-10-12-3-2-7-18-12/h11-12,14H,2-10H2,1H3. The summed E-state index contributed by atoms with van der Waals surface area (Å²) in [6, 6.07) is 0.357. The molecule has 5 nitrogen and oxygen atoms in total. The summed E-state index contributed by atoms with van der Waals surface area (Å²) in [6.07, 6.45) is 3.99. The lowest BCUT2D eigenvalue weighted by atomic mass is 10.2. The highest BCUT2D eigenvalue weighted by Gasteiger charge is 2.23. The molecule has 2 atom stereocenters. The number of likely N-dealkylation sites (N-methyl/N-ethyl adjacent to an activating group) is 1. The first kappa shape index (κ1) is 13.8. The van der Waals surface area contributed by atoms with Crippen LogP contribution in [-0.2, 0) is 14.3 Å². The highest BCUT2D eigenvalue weighted by atomic mass is 16.5. The molecule has 2 unspecified atom stereocenters. The summed E-state index contributed by atoms with van der Waals surface area (Å²) in [6.45, 7) is 3.91. The second kappa shape index (κ2) is 7.07. The number of carbonyl (C=O) groups excluding carboxylic acids is 1. The molecule has 2 aliphatic heterocycles. The maximum Gasteiger partial charge on any atom is 0.224 e. The second-order valence-corrected chi connectivity index (χ2v) is 5.11. The third-order valence-corrected chi connectivity index (χ3v) is 3.76. The SMILES string of the molecule is CN(C(=O)CCOCC1CCCO1)C1CCNC1. The fourth-order valence-electron chi connectivity index (χ4n) is 2.50. The molecule has 18 heavy (non-hydrogen) atoms. The molecular formula is C13H24N2O3. The zero-order chi connectivity index (χ0) is 12.8. The number of nitrogens with one attached hydrogen (secondary N) is 1. The highest BCUT2D eigenvalue weighted by Crippen LogP contribution is 2.12. The second-order valence-electron chi connectivity index (χ2n) is 5.11. The molecule has 2 rings (SSSR count). The van der Waals surface area contributed by atoms with E-state index in [2.05, 4.69) is 5.32 Å². The molecule has 0 aliphatic carbocycles. The molecule has 0 saturated carbocycles. The summed E-state index contributed by atoms with van der Waals surface area (Å²) in [7, 11) is 1.89. The third kappa shape index (κ3) is 3.93. The molecule has 2 saturated heterocycles. The first-order chi connectivity index (χ1) is 8.77. The van der Waals surface area contributed by atoms with Gasteiger partial charge in [0.25, 0.3) is 0 Å². The number of nitrogens with zero attached hydrogens (tertiary/aromatic N) is 1.